The molecule has 7 nitrogen and oxygen atoms in total. The summed E-state index contributed by atoms with van der Waals surface area (Å²) in [7, 11) is 0. The average molecular weight is 385 g/mol. The van der Waals surface area contributed by atoms with Crippen LogP contribution < -0.4 is 10.6 Å². The van der Waals surface area contributed by atoms with Crippen LogP contribution >= 0.6 is 0 Å². The number of amides is 2. The summed E-state index contributed by atoms with van der Waals surface area (Å²) in [5, 5.41) is 5.91. The predicted octanol–water partition coefficient (Wildman–Crippen LogP) is 3.05. The summed E-state index contributed by atoms with van der Waals surface area (Å²) >= 11 is 0. The van der Waals surface area contributed by atoms with Crippen LogP contribution in [0.1, 0.15) is 42.7 Å². The number of urea groups is 1. The molecule has 1 saturated heterocycles. The minimum absolute atomic E-state index is 0.0540. The number of hydrogen-bond donors (Lipinski definition) is 2. The molecule has 0 unspecified atom stereocenters. The van der Waals surface area contributed by atoms with Gasteiger partial charge < -0.3 is 15.5 Å². The van der Waals surface area contributed by atoms with Crippen molar-refractivity contribution in [1.29, 1.82) is 0 Å². The van der Waals surface area contributed by atoms with E-state index in [0.717, 1.165) is 11.3 Å². The highest BCUT2D eigenvalue weighted by Crippen LogP contribution is 2.29. The van der Waals surface area contributed by atoms with Crippen LogP contribution in [0.5, 0.6) is 0 Å². The number of nitrogens with zero attached hydrogens (tertiary/aromatic N) is 3. The van der Waals surface area contributed by atoms with Crippen LogP contribution in [0.3, 0.4) is 0 Å². The van der Waals surface area contributed by atoms with E-state index in [4.69, 9.17) is 0 Å². The molecule has 0 radical (unpaired) electrons. The third-order valence-corrected chi connectivity index (χ3v) is 4.63. The zero-order chi connectivity index (χ0) is 20.3. The van der Waals surface area contributed by atoms with Crippen molar-refractivity contribution in [1.82, 2.24) is 20.2 Å². The Labute approximate surface area is 163 Å². The van der Waals surface area contributed by atoms with Gasteiger partial charge in [0.05, 0.1) is 11.3 Å². The van der Waals surface area contributed by atoms with Gasteiger partial charge in [-0.2, -0.15) is 0 Å². The number of Topliss-reactive ketones (excluding diaryl/α,β-unsaturated/α-hetero) is 1. The predicted molar refractivity (Wildman–Crippen MR) is 105 cm³/mol. The van der Waals surface area contributed by atoms with Crippen molar-refractivity contribution >= 4 is 17.8 Å². The second kappa shape index (κ2) is 8.33. The zero-order valence-corrected chi connectivity index (χ0v) is 16.3. The van der Waals surface area contributed by atoms with E-state index in [0.29, 0.717) is 37.7 Å². The Balaban J connectivity index is 1.80. The molecule has 2 aromatic rings. The molecule has 148 valence electrons. The van der Waals surface area contributed by atoms with Crippen molar-refractivity contribution in [3.63, 3.8) is 0 Å². The molecule has 1 aromatic heterocycles. The second-order valence-electron chi connectivity index (χ2n) is 7.04. The number of hydrogen-bond acceptors (Lipinski definition) is 5. The van der Waals surface area contributed by atoms with Crippen LogP contribution in [0, 0.1) is 5.82 Å². The number of aromatic nitrogens is 2. The molecule has 0 bridgehead atoms. The normalized spacial score (nSPS) is 13.8. The van der Waals surface area contributed by atoms with Gasteiger partial charge in [-0.1, -0.05) is 19.9 Å². The smallest absolute Gasteiger partial charge is 0.317 e. The lowest BCUT2D eigenvalue weighted by Gasteiger charge is -2.16. The summed E-state index contributed by atoms with van der Waals surface area (Å²) in [6, 6.07) is 4.41. The lowest BCUT2D eigenvalue weighted by atomic mass is 9.97. The largest absolute Gasteiger partial charge is 0.352 e. The van der Waals surface area contributed by atoms with Crippen LogP contribution in [0.4, 0.5) is 15.1 Å². The van der Waals surface area contributed by atoms with Gasteiger partial charge in [-0.15, -0.1) is 0 Å². The SMILES string of the molecule is CC(=O)c1cc(-c2cnc(NCCN3CCNC3=O)nc2C(C)C)ccc1F. The van der Waals surface area contributed by atoms with Crippen LogP contribution in [0.25, 0.3) is 11.1 Å². The number of anilines is 1. The Kier molecular flexibility index (Phi) is 5.87. The Morgan fingerprint density at radius 1 is 1.39 bits per heavy atom. The van der Waals surface area contributed by atoms with E-state index in [1.807, 2.05) is 13.8 Å². The summed E-state index contributed by atoms with van der Waals surface area (Å²) in [5.74, 6) is -0.280. The number of rotatable bonds is 7. The van der Waals surface area contributed by atoms with Gasteiger partial charge in [0.2, 0.25) is 5.95 Å². The molecule has 1 fully saturated rings. The van der Waals surface area contributed by atoms with Gasteiger partial charge in [-0.05, 0) is 30.5 Å². The lowest BCUT2D eigenvalue weighted by molar-refractivity contribution is 0.101. The Hall–Kier alpha value is -3.03. The summed E-state index contributed by atoms with van der Waals surface area (Å²) in [6.45, 7) is 7.83. The number of benzene rings is 1. The highest BCUT2D eigenvalue weighted by Gasteiger charge is 2.19. The average Bonchev–Trinajstić information content (AvgIpc) is 3.07. The maximum atomic E-state index is 13.9. The molecule has 2 N–H and O–H groups in total. The molecule has 2 heterocycles. The van der Waals surface area contributed by atoms with E-state index >= 15 is 0 Å². The molecule has 28 heavy (non-hydrogen) atoms. The van der Waals surface area contributed by atoms with Gasteiger partial charge in [0, 0.05) is 37.9 Å². The summed E-state index contributed by atoms with van der Waals surface area (Å²) < 4.78 is 13.9. The molecular weight excluding hydrogens is 361 g/mol. The monoisotopic (exact) mass is 385 g/mol. The third kappa shape index (κ3) is 4.27. The molecule has 1 aliphatic heterocycles. The fourth-order valence-corrected chi connectivity index (χ4v) is 3.13. The first-order chi connectivity index (χ1) is 13.4. The highest BCUT2D eigenvalue weighted by atomic mass is 19.1. The van der Waals surface area contributed by atoms with Gasteiger partial charge in [-0.25, -0.2) is 19.2 Å². The van der Waals surface area contributed by atoms with E-state index in [1.165, 1.54) is 13.0 Å². The van der Waals surface area contributed by atoms with Crippen molar-refractivity contribution in [3.05, 3.63) is 41.5 Å². The van der Waals surface area contributed by atoms with Gasteiger partial charge in [0.25, 0.3) is 0 Å². The Morgan fingerprint density at radius 3 is 2.82 bits per heavy atom. The molecule has 8 heteroatoms. The fraction of sp³-hybridized carbons (Fsp3) is 0.400. The lowest BCUT2D eigenvalue weighted by Crippen LogP contribution is -2.32. The summed E-state index contributed by atoms with van der Waals surface area (Å²) in [5.41, 5.74) is 2.33. The molecule has 0 atom stereocenters. The van der Waals surface area contributed by atoms with E-state index in [1.54, 1.807) is 23.2 Å². The molecule has 0 aliphatic carbocycles. The minimum Gasteiger partial charge on any atom is -0.352 e. The maximum Gasteiger partial charge on any atom is 0.317 e. The molecule has 3 rings (SSSR count). The minimum atomic E-state index is -0.535. The fourth-order valence-electron chi connectivity index (χ4n) is 3.13. The van der Waals surface area contributed by atoms with E-state index in [9.17, 15) is 14.0 Å². The first-order valence-electron chi connectivity index (χ1n) is 9.31. The van der Waals surface area contributed by atoms with E-state index in [2.05, 4.69) is 20.6 Å². The third-order valence-electron chi connectivity index (χ3n) is 4.63. The van der Waals surface area contributed by atoms with Gasteiger partial charge in [-0.3, -0.25) is 4.79 Å². The molecule has 1 aromatic carbocycles. The number of ketones is 1. The Bertz CT molecular complexity index is 900. The number of carbonyl (C=O) groups excluding carboxylic acids is 2. The molecule has 0 saturated carbocycles. The molecule has 1 aliphatic rings. The molecule has 0 spiro atoms. The van der Waals surface area contributed by atoms with Crippen molar-refractivity contribution in [2.24, 2.45) is 0 Å². The standard InChI is InChI=1S/C20H24FN5O2/c1-12(2)18-16(14-4-5-17(21)15(10-14)13(3)27)11-24-19(25-18)22-6-8-26-9-7-23-20(26)28/h4-5,10-12H,6-9H2,1-3H3,(H,23,28)(H,22,24,25). The van der Waals surface area contributed by atoms with Crippen molar-refractivity contribution in [2.75, 3.05) is 31.5 Å². The summed E-state index contributed by atoms with van der Waals surface area (Å²) in [4.78, 5) is 33.9. The van der Waals surface area contributed by atoms with Gasteiger partial charge in [0.1, 0.15) is 5.82 Å². The van der Waals surface area contributed by atoms with E-state index < -0.39 is 5.82 Å². The Morgan fingerprint density at radius 2 is 2.18 bits per heavy atom. The van der Waals surface area contributed by atoms with Crippen LogP contribution in [0.15, 0.2) is 24.4 Å². The van der Waals surface area contributed by atoms with Gasteiger partial charge in [0.15, 0.2) is 5.78 Å². The first kappa shape index (κ1) is 19.7. The van der Waals surface area contributed by atoms with Crippen LogP contribution in [0.2, 0.25) is 0 Å². The zero-order valence-electron chi connectivity index (χ0n) is 16.3. The molecular formula is C20H24FN5O2. The van der Waals surface area contributed by atoms with Crippen molar-refractivity contribution in [2.45, 2.75) is 26.7 Å². The quantitative estimate of drug-likeness (QED) is 0.716. The van der Waals surface area contributed by atoms with Crippen molar-refractivity contribution in [3.8, 4) is 11.1 Å². The molecule has 2 amide bonds. The number of nitrogens with one attached hydrogen (secondary N) is 2. The number of halogens is 1. The topological polar surface area (TPSA) is 87.2 Å². The van der Waals surface area contributed by atoms with Crippen LogP contribution in [-0.4, -0.2) is 52.9 Å². The first-order valence-corrected chi connectivity index (χ1v) is 9.31. The van der Waals surface area contributed by atoms with Gasteiger partial charge >= 0.3 is 6.03 Å². The highest BCUT2D eigenvalue weighted by molar-refractivity contribution is 5.95. The van der Waals surface area contributed by atoms with Crippen molar-refractivity contribution < 1.29 is 14.0 Å². The second-order valence-corrected chi connectivity index (χ2v) is 7.04. The summed E-state index contributed by atoms with van der Waals surface area (Å²) in [6.07, 6.45) is 1.68. The van der Waals surface area contributed by atoms with Crippen LogP contribution in [-0.2, 0) is 0 Å². The van der Waals surface area contributed by atoms with E-state index in [-0.39, 0.29) is 23.3 Å². The number of carbonyl (C=O) groups is 2. The maximum absolute atomic E-state index is 13.9.